The van der Waals surface area contributed by atoms with Crippen molar-refractivity contribution < 1.29 is 8.83 Å². The highest BCUT2D eigenvalue weighted by atomic mass is 16.3. The second kappa shape index (κ2) is 14.7. The van der Waals surface area contributed by atoms with Crippen LogP contribution in [0.1, 0.15) is 50.7 Å². The Morgan fingerprint density at radius 1 is 0.303 bits per heavy atom. The van der Waals surface area contributed by atoms with Crippen molar-refractivity contribution in [2.45, 2.75) is 39.5 Å². The molecule has 0 radical (unpaired) electrons. The van der Waals surface area contributed by atoms with E-state index in [9.17, 15) is 0 Å². The van der Waals surface area contributed by atoms with E-state index in [1.807, 2.05) is 0 Å². The third-order valence-corrected chi connectivity index (χ3v) is 13.8. The number of benzene rings is 10. The maximum absolute atomic E-state index is 6.87. The molecule has 0 amide bonds. The molecular formula is C62H46N2O2. The van der Waals surface area contributed by atoms with Crippen molar-refractivity contribution in [1.82, 2.24) is 0 Å². The number of hydrogen-bond acceptors (Lipinski definition) is 4. The molecule has 1 aliphatic rings. The molecule has 0 fully saturated rings. The summed E-state index contributed by atoms with van der Waals surface area (Å²) in [6.07, 6.45) is 0. The SMILES string of the molecule is CC(C)c1cccc2c1oc1c(N(c3ccccc3)c3ccc4cc5c(cc4c3)-c3cc4cc(N(c6ccccc6)c6cccc7c6oc6c(C(C)C)cccc67)ccc4cc3-5)cccc12. The summed E-state index contributed by atoms with van der Waals surface area (Å²) >= 11 is 0. The Kier molecular flexibility index (Phi) is 8.57. The van der Waals surface area contributed by atoms with Gasteiger partial charge in [0, 0.05) is 44.3 Å². The van der Waals surface area contributed by atoms with E-state index in [2.05, 4.69) is 232 Å². The fourth-order valence-electron chi connectivity index (χ4n) is 10.6. The van der Waals surface area contributed by atoms with E-state index < -0.39 is 0 Å². The Morgan fingerprint density at radius 2 is 0.667 bits per heavy atom. The van der Waals surface area contributed by atoms with Crippen molar-refractivity contribution >= 4 is 99.5 Å². The summed E-state index contributed by atoms with van der Waals surface area (Å²) in [5, 5.41) is 9.37. The molecule has 10 aromatic carbocycles. The number of rotatable bonds is 8. The Balaban J connectivity index is 0.923. The molecule has 316 valence electrons. The Bertz CT molecular complexity index is 3640. The Morgan fingerprint density at radius 3 is 1.06 bits per heavy atom. The number of para-hydroxylation sites is 6. The number of hydrogen-bond donors (Lipinski definition) is 0. The highest BCUT2D eigenvalue weighted by molar-refractivity contribution is 6.15. The number of furan rings is 2. The van der Waals surface area contributed by atoms with Gasteiger partial charge in [-0.3, -0.25) is 0 Å². The van der Waals surface area contributed by atoms with Crippen LogP contribution in [0.15, 0.2) is 203 Å². The molecule has 2 heterocycles. The zero-order chi connectivity index (χ0) is 44.2. The zero-order valence-corrected chi connectivity index (χ0v) is 37.3. The van der Waals surface area contributed by atoms with Gasteiger partial charge in [-0.1, -0.05) is 137 Å². The van der Waals surface area contributed by atoms with Crippen LogP contribution in [0.25, 0.3) is 87.7 Å². The van der Waals surface area contributed by atoms with Crippen LogP contribution in [0, 0.1) is 0 Å². The lowest BCUT2D eigenvalue weighted by Crippen LogP contribution is -2.10. The predicted octanol–water partition coefficient (Wildman–Crippen LogP) is 18.6. The first kappa shape index (κ1) is 38.4. The number of nitrogens with zero attached hydrogens (tertiary/aromatic N) is 2. The first-order chi connectivity index (χ1) is 32.4. The third-order valence-electron chi connectivity index (χ3n) is 13.8. The van der Waals surface area contributed by atoms with E-state index in [0.29, 0.717) is 11.8 Å². The molecule has 0 unspecified atom stereocenters. The molecule has 2 aromatic heterocycles. The second-order valence-corrected chi connectivity index (χ2v) is 18.5. The van der Waals surface area contributed by atoms with E-state index in [1.165, 1.54) is 54.9 Å². The van der Waals surface area contributed by atoms with Crippen LogP contribution < -0.4 is 9.80 Å². The lowest BCUT2D eigenvalue weighted by atomic mass is 9.78. The van der Waals surface area contributed by atoms with Crippen LogP contribution in [-0.4, -0.2) is 0 Å². The molecule has 0 aliphatic heterocycles. The van der Waals surface area contributed by atoms with E-state index in [4.69, 9.17) is 8.83 Å². The van der Waals surface area contributed by atoms with Crippen molar-refractivity contribution in [1.29, 1.82) is 0 Å². The van der Waals surface area contributed by atoms with Gasteiger partial charge < -0.3 is 18.6 Å². The molecular weight excluding hydrogens is 805 g/mol. The van der Waals surface area contributed by atoms with Crippen LogP contribution in [0.4, 0.5) is 34.1 Å². The summed E-state index contributed by atoms with van der Waals surface area (Å²) in [6.45, 7) is 8.92. The molecule has 0 spiro atoms. The van der Waals surface area contributed by atoms with Crippen molar-refractivity contribution in [2.24, 2.45) is 0 Å². The minimum absolute atomic E-state index is 0.345. The van der Waals surface area contributed by atoms with Crippen molar-refractivity contribution in [2.75, 3.05) is 9.80 Å². The molecule has 4 nitrogen and oxygen atoms in total. The fourth-order valence-corrected chi connectivity index (χ4v) is 10.6. The van der Waals surface area contributed by atoms with Crippen LogP contribution in [0.2, 0.25) is 0 Å². The van der Waals surface area contributed by atoms with E-state index >= 15 is 0 Å². The normalized spacial score (nSPS) is 12.2. The molecule has 13 rings (SSSR count). The highest BCUT2D eigenvalue weighted by Gasteiger charge is 2.27. The first-order valence-corrected chi connectivity index (χ1v) is 23.1. The van der Waals surface area contributed by atoms with Gasteiger partial charge >= 0.3 is 0 Å². The Hall–Kier alpha value is -8.08. The van der Waals surface area contributed by atoms with Crippen LogP contribution in [-0.2, 0) is 0 Å². The summed E-state index contributed by atoms with van der Waals surface area (Å²) in [6, 6.07) is 70.6. The quantitative estimate of drug-likeness (QED) is 0.152. The van der Waals surface area contributed by atoms with Gasteiger partial charge in [-0.25, -0.2) is 0 Å². The van der Waals surface area contributed by atoms with E-state index in [-0.39, 0.29) is 0 Å². The average molecular weight is 851 g/mol. The van der Waals surface area contributed by atoms with Crippen molar-refractivity contribution in [3.63, 3.8) is 0 Å². The number of fused-ring (bicyclic) bond motifs is 12. The summed E-state index contributed by atoms with van der Waals surface area (Å²) < 4.78 is 13.7. The summed E-state index contributed by atoms with van der Waals surface area (Å²) in [4.78, 5) is 4.68. The fraction of sp³-hybridized carbons (Fsp3) is 0.0968. The largest absolute Gasteiger partial charge is 0.454 e. The molecule has 0 N–H and O–H groups in total. The van der Waals surface area contributed by atoms with Gasteiger partial charge in [0.2, 0.25) is 0 Å². The summed E-state index contributed by atoms with van der Waals surface area (Å²) in [5.74, 6) is 0.690. The van der Waals surface area contributed by atoms with Gasteiger partial charge in [0.05, 0.1) is 11.4 Å². The lowest BCUT2D eigenvalue weighted by molar-refractivity contribution is 0.657. The molecule has 4 heteroatoms. The molecule has 1 aliphatic carbocycles. The zero-order valence-electron chi connectivity index (χ0n) is 37.3. The molecule has 0 atom stereocenters. The lowest BCUT2D eigenvalue weighted by Gasteiger charge is -2.28. The average Bonchev–Trinajstić information content (AvgIpc) is 3.93. The third kappa shape index (κ3) is 5.84. The van der Waals surface area contributed by atoms with Gasteiger partial charge in [-0.15, -0.1) is 0 Å². The van der Waals surface area contributed by atoms with Gasteiger partial charge in [-0.2, -0.15) is 0 Å². The molecule has 12 aromatic rings. The maximum Gasteiger partial charge on any atom is 0.159 e. The van der Waals surface area contributed by atoms with Crippen LogP contribution in [0.3, 0.4) is 0 Å². The maximum atomic E-state index is 6.87. The number of anilines is 6. The monoisotopic (exact) mass is 850 g/mol. The van der Waals surface area contributed by atoms with E-state index in [0.717, 1.165) is 78.0 Å². The van der Waals surface area contributed by atoms with Gasteiger partial charge in [0.15, 0.2) is 11.2 Å². The van der Waals surface area contributed by atoms with Crippen molar-refractivity contribution in [3.8, 4) is 22.3 Å². The van der Waals surface area contributed by atoms with Crippen molar-refractivity contribution in [3.05, 3.63) is 205 Å². The summed E-state index contributed by atoms with van der Waals surface area (Å²) in [5.41, 5.74) is 17.7. The standard InChI is InChI=1S/C62H46N2O2/c1-37(2)47-19-11-21-49-51-23-13-25-57(61(51)65-59(47)49)63(43-15-7-5-8-16-43)45-29-27-39-33-53-54-34-40-28-30-46(32-42(40)36-56(54)55(53)35-41(39)31-45)64(44-17-9-6-10-18-44)58-26-14-24-52-50-22-12-20-48(38(3)4)60(50)66-62(52)58/h5-38H,1-4H3. The van der Waals surface area contributed by atoms with Gasteiger partial charge in [0.25, 0.3) is 0 Å². The van der Waals surface area contributed by atoms with Crippen LogP contribution in [0.5, 0.6) is 0 Å². The second-order valence-electron chi connectivity index (χ2n) is 18.5. The van der Waals surface area contributed by atoms with Gasteiger partial charge in [-0.05, 0) is 152 Å². The highest BCUT2D eigenvalue weighted by Crippen LogP contribution is 2.52. The smallest absolute Gasteiger partial charge is 0.159 e. The molecule has 0 saturated heterocycles. The first-order valence-electron chi connectivity index (χ1n) is 23.1. The topological polar surface area (TPSA) is 32.8 Å². The minimum Gasteiger partial charge on any atom is -0.454 e. The Labute approximate surface area is 383 Å². The minimum atomic E-state index is 0.345. The van der Waals surface area contributed by atoms with Gasteiger partial charge in [0.1, 0.15) is 11.2 Å². The molecule has 0 saturated carbocycles. The van der Waals surface area contributed by atoms with Crippen LogP contribution >= 0.6 is 0 Å². The molecule has 66 heavy (non-hydrogen) atoms. The summed E-state index contributed by atoms with van der Waals surface area (Å²) in [7, 11) is 0. The van der Waals surface area contributed by atoms with E-state index in [1.54, 1.807) is 0 Å². The predicted molar refractivity (Wildman–Crippen MR) is 278 cm³/mol. The molecule has 0 bridgehead atoms.